The van der Waals surface area contributed by atoms with Gasteiger partial charge in [-0.3, -0.25) is 5.41 Å². The summed E-state index contributed by atoms with van der Waals surface area (Å²) in [6.45, 7) is 2.35. The Morgan fingerprint density at radius 2 is 2.50 bits per heavy atom. The standard InChI is InChI=1S/C4H11N3S/c1-2-8-4(6)7-3-5/h2-3,5H2,1H3,(H2,6,7). The van der Waals surface area contributed by atoms with Crippen LogP contribution < -0.4 is 11.1 Å². The molecule has 0 radical (unpaired) electrons. The number of amidine groups is 1. The SMILES string of the molecule is CCSC(=N)NCN. The van der Waals surface area contributed by atoms with Crippen molar-refractivity contribution in [1.29, 1.82) is 5.41 Å². The molecule has 0 aromatic carbocycles. The fourth-order valence-electron chi connectivity index (χ4n) is 0.288. The molecule has 4 heteroatoms. The third-order valence-corrected chi connectivity index (χ3v) is 1.27. The molecule has 0 heterocycles. The third kappa shape index (κ3) is 3.95. The fourth-order valence-corrected chi connectivity index (χ4v) is 0.762. The second kappa shape index (κ2) is 4.93. The van der Waals surface area contributed by atoms with E-state index >= 15 is 0 Å². The zero-order valence-electron chi connectivity index (χ0n) is 4.90. The Labute approximate surface area is 53.5 Å². The van der Waals surface area contributed by atoms with Crippen LogP contribution in [0.1, 0.15) is 6.92 Å². The van der Waals surface area contributed by atoms with E-state index in [2.05, 4.69) is 5.32 Å². The van der Waals surface area contributed by atoms with Gasteiger partial charge in [0.15, 0.2) is 5.17 Å². The summed E-state index contributed by atoms with van der Waals surface area (Å²) >= 11 is 1.45. The minimum atomic E-state index is 0.353. The molecule has 0 saturated carbocycles. The predicted molar refractivity (Wildman–Crippen MR) is 38.0 cm³/mol. The number of hydrogen-bond donors (Lipinski definition) is 3. The maximum absolute atomic E-state index is 7.06. The van der Waals surface area contributed by atoms with Crippen LogP contribution in [0.3, 0.4) is 0 Å². The lowest BCUT2D eigenvalue weighted by Gasteiger charge is -1.99. The largest absolute Gasteiger partial charge is 0.353 e. The number of nitrogens with two attached hydrogens (primary N) is 1. The molecule has 0 aliphatic carbocycles. The van der Waals surface area contributed by atoms with Crippen molar-refractivity contribution >= 4 is 16.9 Å². The molecule has 0 aliphatic rings. The Kier molecular flexibility index (Phi) is 4.79. The van der Waals surface area contributed by atoms with E-state index in [1.54, 1.807) is 0 Å². The van der Waals surface area contributed by atoms with E-state index < -0.39 is 0 Å². The lowest BCUT2D eigenvalue weighted by Crippen LogP contribution is -2.26. The summed E-state index contributed by atoms with van der Waals surface area (Å²) in [5.41, 5.74) is 5.09. The van der Waals surface area contributed by atoms with Crippen molar-refractivity contribution in [3.63, 3.8) is 0 Å². The van der Waals surface area contributed by atoms with E-state index in [1.807, 2.05) is 6.92 Å². The van der Waals surface area contributed by atoms with E-state index in [0.717, 1.165) is 5.75 Å². The minimum Gasteiger partial charge on any atom is -0.353 e. The summed E-state index contributed by atoms with van der Waals surface area (Å²) in [5, 5.41) is 10.2. The molecule has 4 N–H and O–H groups in total. The van der Waals surface area contributed by atoms with Gasteiger partial charge in [0.1, 0.15) is 0 Å². The van der Waals surface area contributed by atoms with Crippen molar-refractivity contribution in [1.82, 2.24) is 5.32 Å². The molecule has 0 saturated heterocycles. The number of nitrogens with one attached hydrogen (secondary N) is 2. The van der Waals surface area contributed by atoms with E-state index in [-0.39, 0.29) is 0 Å². The molecule has 0 aromatic rings. The van der Waals surface area contributed by atoms with Gasteiger partial charge in [-0.25, -0.2) is 0 Å². The van der Waals surface area contributed by atoms with E-state index in [1.165, 1.54) is 11.8 Å². The number of hydrogen-bond acceptors (Lipinski definition) is 3. The topological polar surface area (TPSA) is 61.9 Å². The van der Waals surface area contributed by atoms with E-state index in [9.17, 15) is 0 Å². The first-order chi connectivity index (χ1) is 3.81. The first-order valence-electron chi connectivity index (χ1n) is 2.46. The summed E-state index contributed by atoms with van der Waals surface area (Å²) in [6.07, 6.45) is 0. The lowest BCUT2D eigenvalue weighted by molar-refractivity contribution is 0.934. The third-order valence-electron chi connectivity index (χ3n) is 0.551. The van der Waals surface area contributed by atoms with Crippen LogP contribution in [0.15, 0.2) is 0 Å². The van der Waals surface area contributed by atoms with Crippen molar-refractivity contribution in [2.45, 2.75) is 6.92 Å². The highest BCUT2D eigenvalue weighted by molar-refractivity contribution is 8.13. The smallest absolute Gasteiger partial charge is 0.154 e. The Morgan fingerprint density at radius 3 is 2.88 bits per heavy atom. The average Bonchev–Trinajstić information content (AvgIpc) is 1.68. The zero-order valence-corrected chi connectivity index (χ0v) is 5.72. The summed E-state index contributed by atoms with van der Waals surface area (Å²) in [4.78, 5) is 0. The minimum absolute atomic E-state index is 0.353. The van der Waals surface area contributed by atoms with Gasteiger partial charge in [-0.1, -0.05) is 18.7 Å². The molecule has 0 unspecified atom stereocenters. The highest BCUT2D eigenvalue weighted by atomic mass is 32.2. The normalized spacial score (nSPS) is 8.75. The van der Waals surface area contributed by atoms with Gasteiger partial charge in [-0.15, -0.1) is 0 Å². The van der Waals surface area contributed by atoms with E-state index in [0.29, 0.717) is 11.8 Å². The quantitative estimate of drug-likeness (QED) is 0.286. The Hall–Kier alpha value is -0.220. The van der Waals surface area contributed by atoms with Crippen LogP contribution in [0.5, 0.6) is 0 Å². The van der Waals surface area contributed by atoms with E-state index in [4.69, 9.17) is 11.1 Å². The summed E-state index contributed by atoms with van der Waals surface area (Å²) < 4.78 is 0. The molecule has 0 spiro atoms. The first-order valence-corrected chi connectivity index (χ1v) is 3.45. The molecule has 3 nitrogen and oxygen atoms in total. The molecule has 0 aromatic heterocycles. The maximum atomic E-state index is 7.06. The van der Waals surface area contributed by atoms with Crippen molar-refractivity contribution in [3.05, 3.63) is 0 Å². The van der Waals surface area contributed by atoms with Crippen molar-refractivity contribution in [3.8, 4) is 0 Å². The molecule has 0 rings (SSSR count). The van der Waals surface area contributed by atoms with Gasteiger partial charge in [-0.2, -0.15) is 0 Å². The fraction of sp³-hybridized carbons (Fsp3) is 0.750. The second-order valence-corrected chi connectivity index (χ2v) is 2.42. The average molecular weight is 133 g/mol. The molecular weight excluding hydrogens is 122 g/mol. The molecule has 48 valence electrons. The van der Waals surface area contributed by atoms with Crippen LogP contribution in [-0.4, -0.2) is 17.6 Å². The van der Waals surface area contributed by atoms with Crippen LogP contribution >= 0.6 is 11.8 Å². The molecular formula is C4H11N3S. The first kappa shape index (κ1) is 7.78. The molecule has 0 aliphatic heterocycles. The second-order valence-electron chi connectivity index (χ2n) is 1.14. The monoisotopic (exact) mass is 133 g/mol. The molecule has 0 atom stereocenters. The van der Waals surface area contributed by atoms with Crippen molar-refractivity contribution < 1.29 is 0 Å². The van der Waals surface area contributed by atoms with Crippen molar-refractivity contribution in [2.75, 3.05) is 12.4 Å². The van der Waals surface area contributed by atoms with Crippen LogP contribution in [0.25, 0.3) is 0 Å². The number of rotatable bonds is 2. The van der Waals surface area contributed by atoms with Crippen LogP contribution in [0.4, 0.5) is 0 Å². The predicted octanol–water partition coefficient (Wildman–Crippen LogP) is 0.180. The van der Waals surface area contributed by atoms with Gasteiger partial charge in [0.25, 0.3) is 0 Å². The number of thioether (sulfide) groups is 1. The summed E-state index contributed by atoms with van der Waals surface area (Å²) in [7, 11) is 0. The van der Waals surface area contributed by atoms with Gasteiger partial charge < -0.3 is 11.1 Å². The Morgan fingerprint density at radius 1 is 1.88 bits per heavy atom. The molecule has 0 amide bonds. The molecule has 0 bridgehead atoms. The Bertz CT molecular complexity index is 65.7. The molecule has 0 fully saturated rings. The highest BCUT2D eigenvalue weighted by Gasteiger charge is 1.88. The van der Waals surface area contributed by atoms with Gasteiger partial charge in [0, 0.05) is 0 Å². The van der Waals surface area contributed by atoms with Gasteiger partial charge in [0.05, 0.1) is 6.67 Å². The van der Waals surface area contributed by atoms with Crippen LogP contribution in [0, 0.1) is 5.41 Å². The van der Waals surface area contributed by atoms with Gasteiger partial charge in [-0.05, 0) is 5.75 Å². The van der Waals surface area contributed by atoms with Crippen LogP contribution in [0.2, 0.25) is 0 Å². The zero-order chi connectivity index (χ0) is 6.41. The summed E-state index contributed by atoms with van der Waals surface area (Å²) in [6, 6.07) is 0. The summed E-state index contributed by atoms with van der Waals surface area (Å²) in [5.74, 6) is 0.922. The van der Waals surface area contributed by atoms with Crippen LogP contribution in [-0.2, 0) is 0 Å². The Balaban J connectivity index is 3.06. The highest BCUT2D eigenvalue weighted by Crippen LogP contribution is 1.95. The maximum Gasteiger partial charge on any atom is 0.154 e. The van der Waals surface area contributed by atoms with Crippen molar-refractivity contribution in [2.24, 2.45) is 5.73 Å². The lowest BCUT2D eigenvalue weighted by atomic mass is 11.0. The molecule has 8 heavy (non-hydrogen) atoms. The van der Waals surface area contributed by atoms with Gasteiger partial charge in [0.2, 0.25) is 0 Å². The van der Waals surface area contributed by atoms with Gasteiger partial charge >= 0.3 is 0 Å².